The molecule has 0 aliphatic carbocycles. The predicted octanol–water partition coefficient (Wildman–Crippen LogP) is 5.07. The van der Waals surface area contributed by atoms with Crippen LogP contribution in [0.5, 0.6) is 5.75 Å². The van der Waals surface area contributed by atoms with Crippen LogP contribution in [0.3, 0.4) is 0 Å². The van der Waals surface area contributed by atoms with Gasteiger partial charge in [-0.05, 0) is 46.7 Å². The Morgan fingerprint density at radius 3 is 2.62 bits per heavy atom. The Hall–Kier alpha value is -2.74. The molecule has 0 aliphatic heterocycles. The molecule has 1 atom stereocenters. The van der Waals surface area contributed by atoms with E-state index in [4.69, 9.17) is 0 Å². The standard InChI is InChI=1S/C18H15F3N2O2S/c19-18(20,21)25-15-5-3-4-14(10-15)22-17(24)11-16(13-6-9-26-12-13)23-7-1-2-8-23/h1-10,12,16H,11H2,(H,22,24)/t16-/m1/s1. The molecule has 0 saturated carbocycles. The largest absolute Gasteiger partial charge is 0.573 e. The van der Waals surface area contributed by atoms with E-state index in [1.165, 1.54) is 29.5 Å². The molecule has 1 N–H and O–H groups in total. The van der Waals surface area contributed by atoms with Gasteiger partial charge in [0.15, 0.2) is 0 Å². The molecular formula is C18H15F3N2O2S. The highest BCUT2D eigenvalue weighted by Crippen LogP contribution is 2.27. The van der Waals surface area contributed by atoms with Gasteiger partial charge < -0.3 is 14.6 Å². The molecule has 3 rings (SSSR count). The zero-order valence-corrected chi connectivity index (χ0v) is 14.3. The van der Waals surface area contributed by atoms with Crippen molar-refractivity contribution < 1.29 is 22.7 Å². The highest BCUT2D eigenvalue weighted by Gasteiger charge is 2.31. The summed E-state index contributed by atoms with van der Waals surface area (Å²) < 4.78 is 42.7. The van der Waals surface area contributed by atoms with E-state index >= 15 is 0 Å². The van der Waals surface area contributed by atoms with Crippen molar-refractivity contribution in [2.75, 3.05) is 5.32 Å². The van der Waals surface area contributed by atoms with E-state index in [1.54, 1.807) is 0 Å². The number of benzene rings is 1. The maximum absolute atomic E-state index is 12.4. The Morgan fingerprint density at radius 2 is 1.96 bits per heavy atom. The number of thiophene rings is 1. The van der Waals surface area contributed by atoms with E-state index in [0.29, 0.717) is 0 Å². The van der Waals surface area contributed by atoms with Crippen LogP contribution in [0.2, 0.25) is 0 Å². The Morgan fingerprint density at radius 1 is 1.19 bits per heavy atom. The normalized spacial score (nSPS) is 12.6. The number of anilines is 1. The van der Waals surface area contributed by atoms with Gasteiger partial charge in [0.25, 0.3) is 0 Å². The molecule has 2 aromatic heterocycles. The number of rotatable bonds is 6. The Labute approximate surface area is 151 Å². The number of hydrogen-bond acceptors (Lipinski definition) is 3. The number of halogens is 3. The van der Waals surface area contributed by atoms with E-state index in [9.17, 15) is 18.0 Å². The number of nitrogens with zero attached hydrogens (tertiary/aromatic N) is 1. The maximum Gasteiger partial charge on any atom is 0.573 e. The Bertz CT molecular complexity index is 811. The molecule has 1 aromatic carbocycles. The van der Waals surface area contributed by atoms with Crippen molar-refractivity contribution in [3.8, 4) is 5.75 Å². The van der Waals surface area contributed by atoms with Crippen LogP contribution in [0.15, 0.2) is 65.6 Å². The number of aromatic nitrogens is 1. The average molecular weight is 380 g/mol. The number of carbonyl (C=O) groups excluding carboxylic acids is 1. The van der Waals surface area contributed by atoms with Gasteiger partial charge in [-0.3, -0.25) is 4.79 Å². The molecule has 1 amide bonds. The molecular weight excluding hydrogens is 365 g/mol. The van der Waals surface area contributed by atoms with Gasteiger partial charge in [0, 0.05) is 24.1 Å². The molecule has 4 nitrogen and oxygen atoms in total. The minimum atomic E-state index is -4.78. The average Bonchev–Trinajstić information content (AvgIpc) is 3.25. The lowest BCUT2D eigenvalue weighted by molar-refractivity contribution is -0.274. The summed E-state index contributed by atoms with van der Waals surface area (Å²) in [7, 11) is 0. The summed E-state index contributed by atoms with van der Waals surface area (Å²) in [6.07, 6.45) is -0.891. The van der Waals surface area contributed by atoms with Crippen LogP contribution in [-0.4, -0.2) is 16.8 Å². The van der Waals surface area contributed by atoms with Gasteiger partial charge >= 0.3 is 6.36 Å². The van der Waals surface area contributed by atoms with Crippen molar-refractivity contribution in [2.45, 2.75) is 18.8 Å². The van der Waals surface area contributed by atoms with Crippen molar-refractivity contribution in [1.29, 1.82) is 0 Å². The molecule has 0 radical (unpaired) electrons. The first-order chi connectivity index (χ1) is 12.4. The molecule has 0 fully saturated rings. The third-order valence-corrected chi connectivity index (χ3v) is 4.35. The molecule has 0 spiro atoms. The summed E-state index contributed by atoms with van der Waals surface area (Å²) in [6.45, 7) is 0. The smallest absolute Gasteiger partial charge is 0.406 e. The topological polar surface area (TPSA) is 43.3 Å². The SMILES string of the molecule is O=C(C[C@H](c1ccsc1)n1cccc1)Nc1cccc(OC(F)(F)F)c1. The first-order valence-electron chi connectivity index (χ1n) is 7.71. The lowest BCUT2D eigenvalue weighted by atomic mass is 10.1. The lowest BCUT2D eigenvalue weighted by Gasteiger charge is -2.18. The summed E-state index contributed by atoms with van der Waals surface area (Å²) in [5.74, 6) is -0.686. The van der Waals surface area contributed by atoms with Crippen molar-refractivity contribution in [1.82, 2.24) is 4.57 Å². The minimum Gasteiger partial charge on any atom is -0.406 e. The van der Waals surface area contributed by atoms with Crippen molar-refractivity contribution in [3.05, 3.63) is 71.2 Å². The van der Waals surface area contributed by atoms with Crippen LogP contribution in [-0.2, 0) is 4.79 Å². The molecule has 3 aromatic rings. The number of carbonyl (C=O) groups is 1. The molecule has 0 unspecified atom stereocenters. The lowest BCUT2D eigenvalue weighted by Crippen LogP contribution is -2.20. The predicted molar refractivity (Wildman–Crippen MR) is 93.3 cm³/mol. The summed E-state index contributed by atoms with van der Waals surface area (Å²) in [5.41, 5.74) is 1.24. The fourth-order valence-electron chi connectivity index (χ4n) is 2.57. The van der Waals surface area contributed by atoms with Gasteiger partial charge in [0.1, 0.15) is 5.75 Å². The monoisotopic (exact) mass is 380 g/mol. The van der Waals surface area contributed by atoms with Gasteiger partial charge in [-0.25, -0.2) is 0 Å². The van der Waals surface area contributed by atoms with Crippen LogP contribution in [0, 0.1) is 0 Å². The zero-order chi connectivity index (χ0) is 18.6. The summed E-state index contributed by atoms with van der Waals surface area (Å²) in [4.78, 5) is 12.4. The highest BCUT2D eigenvalue weighted by atomic mass is 32.1. The van der Waals surface area contributed by atoms with Gasteiger partial charge in [0.2, 0.25) is 5.91 Å². The number of ether oxygens (including phenoxy) is 1. The van der Waals surface area contributed by atoms with E-state index < -0.39 is 6.36 Å². The van der Waals surface area contributed by atoms with E-state index in [0.717, 1.165) is 11.6 Å². The van der Waals surface area contributed by atoms with E-state index in [-0.39, 0.29) is 29.8 Å². The van der Waals surface area contributed by atoms with Crippen LogP contribution in [0.1, 0.15) is 18.0 Å². The fraction of sp³-hybridized carbons (Fsp3) is 0.167. The fourth-order valence-corrected chi connectivity index (χ4v) is 3.28. The summed E-state index contributed by atoms with van der Waals surface area (Å²) >= 11 is 1.54. The molecule has 2 heterocycles. The van der Waals surface area contributed by atoms with Crippen molar-refractivity contribution in [2.24, 2.45) is 0 Å². The van der Waals surface area contributed by atoms with Crippen LogP contribution >= 0.6 is 11.3 Å². The van der Waals surface area contributed by atoms with Gasteiger partial charge in [-0.2, -0.15) is 11.3 Å². The second-order valence-electron chi connectivity index (χ2n) is 5.53. The Kier molecular flexibility index (Phi) is 5.32. The van der Waals surface area contributed by atoms with E-state index in [1.807, 2.05) is 45.9 Å². The van der Waals surface area contributed by atoms with Crippen molar-refractivity contribution >= 4 is 22.9 Å². The number of hydrogen-bond donors (Lipinski definition) is 1. The quantitative estimate of drug-likeness (QED) is 0.649. The van der Waals surface area contributed by atoms with Crippen LogP contribution < -0.4 is 10.1 Å². The maximum atomic E-state index is 12.4. The van der Waals surface area contributed by atoms with Gasteiger partial charge in [0.05, 0.1) is 12.5 Å². The number of amides is 1. The first kappa shape index (κ1) is 18.1. The first-order valence-corrected chi connectivity index (χ1v) is 8.65. The molecule has 26 heavy (non-hydrogen) atoms. The zero-order valence-electron chi connectivity index (χ0n) is 13.4. The molecule has 0 aliphatic rings. The molecule has 136 valence electrons. The molecule has 0 bridgehead atoms. The van der Waals surface area contributed by atoms with Gasteiger partial charge in [-0.1, -0.05) is 6.07 Å². The third kappa shape index (κ3) is 4.89. The molecule has 0 saturated heterocycles. The minimum absolute atomic E-state index is 0.149. The van der Waals surface area contributed by atoms with Crippen molar-refractivity contribution in [3.63, 3.8) is 0 Å². The van der Waals surface area contributed by atoms with Gasteiger partial charge in [-0.15, -0.1) is 13.2 Å². The van der Waals surface area contributed by atoms with E-state index in [2.05, 4.69) is 10.1 Å². The van der Waals surface area contributed by atoms with Crippen LogP contribution in [0.25, 0.3) is 0 Å². The second kappa shape index (κ2) is 7.65. The highest BCUT2D eigenvalue weighted by molar-refractivity contribution is 7.08. The van der Waals surface area contributed by atoms with Crippen LogP contribution in [0.4, 0.5) is 18.9 Å². The number of alkyl halides is 3. The summed E-state index contributed by atoms with van der Waals surface area (Å²) in [5, 5.41) is 6.53. The molecule has 8 heteroatoms. The second-order valence-corrected chi connectivity index (χ2v) is 6.31. The Balaban J connectivity index is 1.70. The number of nitrogens with one attached hydrogen (secondary N) is 1. The summed E-state index contributed by atoms with van der Waals surface area (Å²) in [6, 6.07) is 10.7. The third-order valence-electron chi connectivity index (χ3n) is 3.65.